The number of hydrogen-bond acceptors (Lipinski definition) is 4. The largest absolute Gasteiger partial charge is 0.315 e. The number of hydrogen-bond donors (Lipinski definition) is 0. The standard InChI is InChI=1S/C17H22N2O3S2/c1-10(2)16(20)18-17-19(13-7-11(3)5-6-12(13)4)14-8-24(21,22)9-15(14)23-17/h5-7,10,14-15H,8-9H2,1-4H3. The highest BCUT2D eigenvalue weighted by molar-refractivity contribution is 8.16. The minimum Gasteiger partial charge on any atom is -0.315 e. The van der Waals surface area contributed by atoms with Crippen LogP contribution in [0.4, 0.5) is 5.69 Å². The lowest BCUT2D eigenvalue weighted by molar-refractivity contribution is -0.120. The predicted molar refractivity (Wildman–Crippen MR) is 99.5 cm³/mol. The van der Waals surface area contributed by atoms with E-state index < -0.39 is 9.84 Å². The molecule has 2 atom stereocenters. The topological polar surface area (TPSA) is 66.8 Å². The van der Waals surface area contributed by atoms with Crippen molar-refractivity contribution < 1.29 is 13.2 Å². The van der Waals surface area contributed by atoms with E-state index >= 15 is 0 Å². The third-order valence-electron chi connectivity index (χ3n) is 4.39. The van der Waals surface area contributed by atoms with E-state index in [2.05, 4.69) is 4.99 Å². The normalized spacial score (nSPS) is 27.0. The number of carbonyl (C=O) groups is 1. The summed E-state index contributed by atoms with van der Waals surface area (Å²) in [6.45, 7) is 7.64. The van der Waals surface area contributed by atoms with Crippen molar-refractivity contribution in [2.75, 3.05) is 16.4 Å². The lowest BCUT2D eigenvalue weighted by atomic mass is 10.1. The van der Waals surface area contributed by atoms with Gasteiger partial charge in [-0.25, -0.2) is 8.42 Å². The first kappa shape index (κ1) is 17.5. The Balaban J connectivity index is 2.08. The molecule has 2 saturated heterocycles. The Kier molecular flexibility index (Phi) is 4.51. The van der Waals surface area contributed by atoms with Gasteiger partial charge in [0.2, 0.25) is 0 Å². The van der Waals surface area contributed by atoms with Gasteiger partial charge in [0.25, 0.3) is 5.91 Å². The number of aryl methyl sites for hydroxylation is 2. The van der Waals surface area contributed by atoms with E-state index in [1.165, 1.54) is 11.8 Å². The van der Waals surface area contributed by atoms with E-state index in [4.69, 9.17) is 0 Å². The molecule has 3 rings (SSSR count). The average molecular weight is 367 g/mol. The highest BCUT2D eigenvalue weighted by atomic mass is 32.2. The van der Waals surface area contributed by atoms with Gasteiger partial charge in [0.1, 0.15) is 0 Å². The van der Waals surface area contributed by atoms with E-state index in [1.807, 2.05) is 50.8 Å². The van der Waals surface area contributed by atoms with Crippen LogP contribution in [0.3, 0.4) is 0 Å². The van der Waals surface area contributed by atoms with Crippen LogP contribution in [-0.2, 0) is 14.6 Å². The van der Waals surface area contributed by atoms with Crippen molar-refractivity contribution in [2.24, 2.45) is 10.9 Å². The molecule has 2 unspecified atom stereocenters. The number of nitrogens with zero attached hydrogens (tertiary/aromatic N) is 2. The van der Waals surface area contributed by atoms with Gasteiger partial charge < -0.3 is 4.90 Å². The number of aliphatic imine (C=N–C) groups is 1. The summed E-state index contributed by atoms with van der Waals surface area (Å²) in [5.74, 6) is -0.0794. The summed E-state index contributed by atoms with van der Waals surface area (Å²) >= 11 is 1.42. The molecule has 2 aliphatic heterocycles. The summed E-state index contributed by atoms with van der Waals surface area (Å²) in [4.78, 5) is 18.4. The molecule has 2 heterocycles. The molecule has 1 amide bonds. The molecule has 0 aromatic heterocycles. The van der Waals surface area contributed by atoms with Gasteiger partial charge in [0.15, 0.2) is 15.0 Å². The summed E-state index contributed by atoms with van der Waals surface area (Å²) in [6.07, 6.45) is 0. The van der Waals surface area contributed by atoms with Crippen molar-refractivity contribution in [3.8, 4) is 0 Å². The summed E-state index contributed by atoms with van der Waals surface area (Å²) in [5.41, 5.74) is 3.10. The fourth-order valence-corrected chi connectivity index (χ4v) is 6.96. The second-order valence-electron chi connectivity index (χ2n) is 6.85. The highest BCUT2D eigenvalue weighted by Crippen LogP contribution is 2.42. The van der Waals surface area contributed by atoms with Gasteiger partial charge in [0, 0.05) is 16.9 Å². The molecule has 0 bridgehead atoms. The molecule has 1 aromatic carbocycles. The van der Waals surface area contributed by atoms with Gasteiger partial charge in [-0.1, -0.05) is 37.7 Å². The van der Waals surface area contributed by atoms with E-state index in [0.29, 0.717) is 5.17 Å². The molecule has 0 saturated carbocycles. The summed E-state index contributed by atoms with van der Waals surface area (Å²) < 4.78 is 24.1. The Hall–Kier alpha value is -1.34. The van der Waals surface area contributed by atoms with Gasteiger partial charge in [-0.15, -0.1) is 0 Å². The molecule has 0 N–H and O–H groups in total. The minimum atomic E-state index is -3.04. The summed E-state index contributed by atoms with van der Waals surface area (Å²) in [7, 11) is -3.04. The smallest absolute Gasteiger partial charge is 0.250 e. The van der Waals surface area contributed by atoms with Crippen molar-refractivity contribution in [1.82, 2.24) is 0 Å². The van der Waals surface area contributed by atoms with Crippen molar-refractivity contribution >= 4 is 38.4 Å². The number of fused-ring (bicyclic) bond motifs is 1. The fraction of sp³-hybridized carbons (Fsp3) is 0.529. The van der Waals surface area contributed by atoms with Gasteiger partial charge in [-0.3, -0.25) is 4.79 Å². The van der Waals surface area contributed by atoms with Crippen LogP contribution in [0.15, 0.2) is 23.2 Å². The van der Waals surface area contributed by atoms with E-state index in [9.17, 15) is 13.2 Å². The first-order chi connectivity index (χ1) is 11.2. The average Bonchev–Trinajstić information content (AvgIpc) is 2.92. The molecular weight excluding hydrogens is 344 g/mol. The fourth-order valence-electron chi connectivity index (χ4n) is 3.05. The zero-order valence-corrected chi connectivity index (χ0v) is 15.9. The van der Waals surface area contributed by atoms with Crippen molar-refractivity contribution in [1.29, 1.82) is 0 Å². The third kappa shape index (κ3) is 3.24. The van der Waals surface area contributed by atoms with Crippen LogP contribution in [0.25, 0.3) is 0 Å². The van der Waals surface area contributed by atoms with Crippen LogP contribution in [0.2, 0.25) is 0 Å². The Labute approximate surface area is 147 Å². The van der Waals surface area contributed by atoms with Crippen molar-refractivity contribution in [2.45, 2.75) is 39.0 Å². The van der Waals surface area contributed by atoms with Crippen molar-refractivity contribution in [3.05, 3.63) is 29.3 Å². The van der Waals surface area contributed by atoms with Gasteiger partial charge >= 0.3 is 0 Å². The van der Waals surface area contributed by atoms with E-state index in [0.717, 1.165) is 16.8 Å². The van der Waals surface area contributed by atoms with Crippen LogP contribution in [0.5, 0.6) is 0 Å². The number of carbonyl (C=O) groups excluding carboxylic acids is 1. The van der Waals surface area contributed by atoms with Gasteiger partial charge in [-0.2, -0.15) is 4.99 Å². The number of amides is 1. The summed E-state index contributed by atoms with van der Waals surface area (Å²) in [6, 6.07) is 5.94. The Morgan fingerprint density at radius 1 is 1.29 bits per heavy atom. The predicted octanol–water partition coefficient (Wildman–Crippen LogP) is 2.56. The zero-order valence-electron chi connectivity index (χ0n) is 14.3. The summed E-state index contributed by atoms with van der Waals surface area (Å²) in [5, 5.41) is 0.570. The van der Waals surface area contributed by atoms with Crippen LogP contribution in [0.1, 0.15) is 25.0 Å². The molecule has 24 heavy (non-hydrogen) atoms. The minimum absolute atomic E-state index is 0.0615. The molecule has 130 valence electrons. The number of thioether (sulfide) groups is 1. The SMILES string of the molecule is Cc1ccc(C)c(N2C(=NC(=O)C(C)C)SC3CS(=O)(=O)CC32)c1. The maximum atomic E-state index is 12.1. The zero-order chi connectivity index (χ0) is 17.6. The van der Waals surface area contributed by atoms with E-state index in [1.54, 1.807) is 0 Å². The highest BCUT2D eigenvalue weighted by Gasteiger charge is 2.49. The number of benzene rings is 1. The first-order valence-electron chi connectivity index (χ1n) is 8.04. The molecule has 5 nitrogen and oxygen atoms in total. The van der Waals surface area contributed by atoms with Gasteiger partial charge in [0.05, 0.1) is 17.5 Å². The number of sulfone groups is 1. The van der Waals surface area contributed by atoms with Crippen LogP contribution in [0, 0.1) is 19.8 Å². The molecular formula is C17H22N2O3S2. The van der Waals surface area contributed by atoms with Crippen molar-refractivity contribution in [3.63, 3.8) is 0 Å². The van der Waals surface area contributed by atoms with Gasteiger partial charge in [-0.05, 0) is 31.0 Å². The lowest BCUT2D eigenvalue weighted by Crippen LogP contribution is -2.38. The molecule has 7 heteroatoms. The Bertz CT molecular complexity index is 815. The Morgan fingerprint density at radius 3 is 2.67 bits per heavy atom. The maximum absolute atomic E-state index is 12.1. The molecule has 0 aliphatic carbocycles. The monoisotopic (exact) mass is 366 g/mol. The Morgan fingerprint density at radius 2 is 2.00 bits per heavy atom. The number of anilines is 1. The molecule has 0 spiro atoms. The third-order valence-corrected chi connectivity index (χ3v) is 7.60. The lowest BCUT2D eigenvalue weighted by Gasteiger charge is -2.26. The quantitative estimate of drug-likeness (QED) is 0.805. The van der Waals surface area contributed by atoms with Crippen LogP contribution >= 0.6 is 11.8 Å². The molecule has 0 radical (unpaired) electrons. The molecule has 2 fully saturated rings. The van der Waals surface area contributed by atoms with Crippen LogP contribution < -0.4 is 4.90 Å². The number of rotatable bonds is 2. The first-order valence-corrected chi connectivity index (χ1v) is 10.7. The van der Waals surface area contributed by atoms with Crippen LogP contribution in [-0.4, -0.2) is 42.3 Å². The second kappa shape index (κ2) is 6.19. The van der Waals surface area contributed by atoms with E-state index in [-0.39, 0.29) is 34.6 Å². The molecule has 2 aliphatic rings. The maximum Gasteiger partial charge on any atom is 0.250 e. The molecule has 1 aromatic rings. The second-order valence-corrected chi connectivity index (χ2v) is 10.2. The number of amidine groups is 1.